The van der Waals surface area contributed by atoms with Gasteiger partial charge in [-0.15, -0.1) is 0 Å². The summed E-state index contributed by atoms with van der Waals surface area (Å²) < 4.78 is 13.3. The van der Waals surface area contributed by atoms with Gasteiger partial charge in [0.15, 0.2) is 5.75 Å². The number of rotatable bonds is 7. The van der Waals surface area contributed by atoms with Crippen molar-refractivity contribution in [1.29, 1.82) is 0 Å². The highest BCUT2D eigenvalue weighted by Crippen LogP contribution is 2.17. The second-order valence-corrected chi connectivity index (χ2v) is 4.58. The van der Waals surface area contributed by atoms with Crippen LogP contribution in [0.4, 0.5) is 0 Å². The van der Waals surface area contributed by atoms with Crippen LogP contribution >= 0.6 is 0 Å². The molecule has 19 heavy (non-hydrogen) atoms. The van der Waals surface area contributed by atoms with E-state index in [9.17, 15) is 0 Å². The summed E-state index contributed by atoms with van der Waals surface area (Å²) in [5.41, 5.74) is 1.15. The highest BCUT2D eigenvalue weighted by molar-refractivity contribution is 5.20. The van der Waals surface area contributed by atoms with E-state index in [0.29, 0.717) is 6.61 Å². The Labute approximate surface area is 113 Å². The van der Waals surface area contributed by atoms with Crippen LogP contribution in [-0.4, -0.2) is 16.8 Å². The molecule has 0 unspecified atom stereocenters. The maximum Gasteiger partial charge on any atom is 0.157 e. The molecule has 0 bridgehead atoms. The lowest BCUT2D eigenvalue weighted by atomic mass is 10.2. The van der Waals surface area contributed by atoms with E-state index in [1.807, 2.05) is 30.9 Å². The van der Waals surface area contributed by atoms with Crippen molar-refractivity contribution in [3.63, 3.8) is 0 Å². The molecular weight excluding hydrogens is 242 g/mol. The first-order valence-electron chi connectivity index (χ1n) is 6.61. The van der Waals surface area contributed by atoms with Gasteiger partial charge in [-0.1, -0.05) is 6.92 Å². The van der Waals surface area contributed by atoms with E-state index < -0.39 is 0 Å². The smallest absolute Gasteiger partial charge is 0.157 e. The summed E-state index contributed by atoms with van der Waals surface area (Å²) in [4.78, 5) is 0. The summed E-state index contributed by atoms with van der Waals surface area (Å²) in [6.45, 7) is 6.24. The van der Waals surface area contributed by atoms with Crippen molar-refractivity contribution < 1.29 is 9.15 Å². The monoisotopic (exact) mass is 263 g/mol. The van der Waals surface area contributed by atoms with Gasteiger partial charge in [-0.25, -0.2) is 0 Å². The van der Waals surface area contributed by atoms with E-state index >= 15 is 0 Å². The third kappa shape index (κ3) is 3.61. The number of hydrogen-bond donors (Lipinski definition) is 1. The first-order chi connectivity index (χ1) is 9.22. The number of nitrogens with zero attached hydrogens (tertiary/aromatic N) is 2. The lowest BCUT2D eigenvalue weighted by Gasteiger charge is -2.00. The van der Waals surface area contributed by atoms with Gasteiger partial charge >= 0.3 is 0 Å². The average Bonchev–Trinajstić information content (AvgIpc) is 2.96. The molecule has 2 heterocycles. The Hall–Kier alpha value is -1.75. The summed E-state index contributed by atoms with van der Waals surface area (Å²) >= 11 is 0. The third-order valence-corrected chi connectivity index (χ3v) is 2.85. The lowest BCUT2D eigenvalue weighted by Crippen LogP contribution is -2.04. The molecule has 5 heteroatoms. The molecule has 5 nitrogen and oxygen atoms in total. The largest absolute Gasteiger partial charge is 0.482 e. The summed E-state index contributed by atoms with van der Waals surface area (Å²) in [7, 11) is 1.90. The average molecular weight is 263 g/mol. The van der Waals surface area contributed by atoms with Crippen molar-refractivity contribution in [2.24, 2.45) is 0 Å². The summed E-state index contributed by atoms with van der Waals surface area (Å²) in [5.74, 6) is 2.58. The zero-order valence-corrected chi connectivity index (χ0v) is 11.8. The zero-order valence-electron chi connectivity index (χ0n) is 11.8. The predicted molar refractivity (Wildman–Crippen MR) is 73.1 cm³/mol. The number of aromatic nitrogens is 2. The molecule has 0 fully saturated rings. The quantitative estimate of drug-likeness (QED) is 0.834. The van der Waals surface area contributed by atoms with Gasteiger partial charge in [0.1, 0.15) is 18.1 Å². The van der Waals surface area contributed by atoms with Crippen molar-refractivity contribution >= 4 is 0 Å². The predicted octanol–water partition coefficient (Wildman–Crippen LogP) is 2.49. The fourth-order valence-corrected chi connectivity index (χ4v) is 1.92. The first-order valence-corrected chi connectivity index (χ1v) is 6.61. The molecule has 0 aliphatic rings. The molecule has 0 saturated carbocycles. The minimum absolute atomic E-state index is 0.433. The van der Waals surface area contributed by atoms with Crippen LogP contribution in [-0.2, 0) is 19.7 Å². The maximum atomic E-state index is 5.72. The van der Waals surface area contributed by atoms with E-state index in [-0.39, 0.29) is 0 Å². The molecule has 0 saturated heterocycles. The molecule has 0 spiro atoms. The topological polar surface area (TPSA) is 52.2 Å². The summed E-state index contributed by atoms with van der Waals surface area (Å²) in [5, 5.41) is 7.30. The molecule has 0 aliphatic carbocycles. The fourth-order valence-electron chi connectivity index (χ4n) is 1.92. The van der Waals surface area contributed by atoms with Crippen molar-refractivity contribution in [3.05, 3.63) is 35.5 Å². The SMILES string of the molecule is CCCn1cc(OCc2cc(C)c(CNC)o2)cn1. The van der Waals surface area contributed by atoms with E-state index in [1.165, 1.54) is 0 Å². The van der Waals surface area contributed by atoms with E-state index in [2.05, 4.69) is 17.3 Å². The van der Waals surface area contributed by atoms with Gasteiger partial charge in [-0.05, 0) is 32.0 Å². The van der Waals surface area contributed by atoms with Crippen LogP contribution in [0.2, 0.25) is 0 Å². The molecule has 0 radical (unpaired) electrons. The van der Waals surface area contributed by atoms with Crippen LogP contribution in [0.5, 0.6) is 5.75 Å². The Morgan fingerprint density at radius 2 is 2.32 bits per heavy atom. The van der Waals surface area contributed by atoms with E-state index in [1.54, 1.807) is 6.20 Å². The minimum atomic E-state index is 0.433. The third-order valence-electron chi connectivity index (χ3n) is 2.85. The molecule has 0 aromatic carbocycles. The second kappa shape index (κ2) is 6.43. The van der Waals surface area contributed by atoms with Crippen LogP contribution in [0.3, 0.4) is 0 Å². The lowest BCUT2D eigenvalue weighted by molar-refractivity contribution is 0.265. The normalized spacial score (nSPS) is 10.9. The molecule has 0 aliphatic heterocycles. The Morgan fingerprint density at radius 1 is 1.47 bits per heavy atom. The Morgan fingerprint density at radius 3 is 3.05 bits per heavy atom. The van der Waals surface area contributed by atoms with Crippen molar-refractivity contribution in [2.45, 2.75) is 40.0 Å². The van der Waals surface area contributed by atoms with E-state index in [0.717, 1.165) is 42.3 Å². The summed E-state index contributed by atoms with van der Waals surface area (Å²) in [6, 6.07) is 2.02. The minimum Gasteiger partial charge on any atom is -0.482 e. The second-order valence-electron chi connectivity index (χ2n) is 4.58. The molecule has 2 aromatic heterocycles. The van der Waals surface area contributed by atoms with Gasteiger partial charge in [0.25, 0.3) is 0 Å². The number of hydrogen-bond acceptors (Lipinski definition) is 4. The fraction of sp³-hybridized carbons (Fsp3) is 0.500. The van der Waals surface area contributed by atoms with Gasteiger partial charge in [-0.2, -0.15) is 5.10 Å². The first kappa shape index (κ1) is 13.7. The van der Waals surface area contributed by atoms with Crippen LogP contribution in [0.25, 0.3) is 0 Å². The number of aryl methyl sites for hydroxylation is 2. The zero-order chi connectivity index (χ0) is 13.7. The molecule has 104 valence electrons. The number of furan rings is 1. The van der Waals surface area contributed by atoms with Crippen LogP contribution in [0.15, 0.2) is 22.9 Å². The van der Waals surface area contributed by atoms with Crippen LogP contribution in [0, 0.1) is 6.92 Å². The Kier molecular flexibility index (Phi) is 4.63. The standard InChI is InChI=1S/C14H21N3O2/c1-4-5-17-9-13(7-16-17)18-10-12-6-11(2)14(19-12)8-15-3/h6-7,9,15H,4-5,8,10H2,1-3H3. The highest BCUT2D eigenvalue weighted by atomic mass is 16.5. The number of nitrogens with one attached hydrogen (secondary N) is 1. The van der Waals surface area contributed by atoms with Crippen LogP contribution in [0.1, 0.15) is 30.4 Å². The molecule has 1 N–H and O–H groups in total. The molecular formula is C14H21N3O2. The Balaban J connectivity index is 1.92. The highest BCUT2D eigenvalue weighted by Gasteiger charge is 2.08. The van der Waals surface area contributed by atoms with Crippen molar-refractivity contribution in [2.75, 3.05) is 7.05 Å². The van der Waals surface area contributed by atoms with Gasteiger partial charge in [0.05, 0.1) is 18.9 Å². The van der Waals surface area contributed by atoms with Crippen LogP contribution < -0.4 is 10.1 Å². The molecule has 0 amide bonds. The van der Waals surface area contributed by atoms with Gasteiger partial charge in [-0.3, -0.25) is 4.68 Å². The maximum absolute atomic E-state index is 5.72. The molecule has 0 atom stereocenters. The molecule has 2 aromatic rings. The Bertz CT molecular complexity index is 516. The van der Waals surface area contributed by atoms with Gasteiger partial charge in [0.2, 0.25) is 0 Å². The van der Waals surface area contributed by atoms with Gasteiger partial charge < -0.3 is 14.5 Å². The van der Waals surface area contributed by atoms with E-state index in [4.69, 9.17) is 9.15 Å². The van der Waals surface area contributed by atoms with Gasteiger partial charge in [0, 0.05) is 6.54 Å². The van der Waals surface area contributed by atoms with Crippen molar-refractivity contribution in [3.8, 4) is 5.75 Å². The van der Waals surface area contributed by atoms with Crippen molar-refractivity contribution in [1.82, 2.24) is 15.1 Å². The molecule has 2 rings (SSSR count). The number of ether oxygens (including phenoxy) is 1. The summed E-state index contributed by atoms with van der Waals surface area (Å²) in [6.07, 6.45) is 4.71.